The first-order chi connectivity index (χ1) is 7.54. The van der Waals surface area contributed by atoms with Crippen molar-refractivity contribution in [3.05, 3.63) is 0 Å². The topological polar surface area (TPSA) is 84.7 Å². The monoisotopic (exact) mass is 227 g/mol. The average molecular weight is 227 g/mol. The van der Waals surface area contributed by atoms with Crippen molar-refractivity contribution < 1.29 is 14.3 Å². The summed E-state index contributed by atoms with van der Waals surface area (Å²) in [7, 11) is 0. The average Bonchev–Trinajstić information content (AvgIpc) is 2.59. The molecule has 0 aromatic rings. The molecular formula is C10H17N3O3. The maximum Gasteiger partial charge on any atom is 0.239 e. The lowest BCUT2D eigenvalue weighted by atomic mass is 9.84. The minimum atomic E-state index is -0.683. The van der Waals surface area contributed by atoms with Crippen molar-refractivity contribution in [2.45, 2.75) is 13.0 Å². The van der Waals surface area contributed by atoms with Gasteiger partial charge in [-0.2, -0.15) is 0 Å². The van der Waals surface area contributed by atoms with E-state index in [4.69, 9.17) is 10.5 Å². The molecule has 0 aliphatic carbocycles. The Labute approximate surface area is 94.1 Å². The Morgan fingerprint density at radius 3 is 3.00 bits per heavy atom. The van der Waals surface area contributed by atoms with Gasteiger partial charge in [-0.3, -0.25) is 9.59 Å². The molecule has 90 valence electrons. The molecule has 2 amide bonds. The van der Waals surface area contributed by atoms with Gasteiger partial charge in [-0.1, -0.05) is 0 Å². The number of ether oxygens (including phenoxy) is 1. The number of carbonyl (C=O) groups excluding carboxylic acids is 2. The molecule has 2 atom stereocenters. The number of hydrogen-bond donors (Lipinski definition) is 2. The minimum Gasteiger partial charge on any atom is -0.379 e. The van der Waals surface area contributed by atoms with Gasteiger partial charge in [0.1, 0.15) is 0 Å². The molecule has 6 heteroatoms. The van der Waals surface area contributed by atoms with Gasteiger partial charge in [0.25, 0.3) is 0 Å². The predicted octanol–water partition coefficient (Wildman–Crippen LogP) is -1.69. The first-order valence-corrected chi connectivity index (χ1v) is 5.43. The molecule has 0 saturated carbocycles. The number of nitrogens with one attached hydrogen (secondary N) is 1. The maximum atomic E-state index is 12.3. The van der Waals surface area contributed by atoms with Crippen molar-refractivity contribution in [2.75, 3.05) is 32.8 Å². The Bertz CT molecular complexity index is 320. The Kier molecular flexibility index (Phi) is 2.86. The molecule has 2 saturated heterocycles. The molecule has 0 bridgehead atoms. The van der Waals surface area contributed by atoms with E-state index < -0.39 is 5.41 Å². The number of hydrogen-bond acceptors (Lipinski definition) is 4. The molecule has 2 aliphatic heterocycles. The van der Waals surface area contributed by atoms with Crippen LogP contribution in [-0.4, -0.2) is 55.6 Å². The van der Waals surface area contributed by atoms with E-state index in [-0.39, 0.29) is 24.4 Å². The summed E-state index contributed by atoms with van der Waals surface area (Å²) >= 11 is 0. The first kappa shape index (κ1) is 11.3. The van der Waals surface area contributed by atoms with E-state index in [0.717, 1.165) is 0 Å². The third kappa shape index (κ3) is 1.78. The van der Waals surface area contributed by atoms with E-state index in [2.05, 4.69) is 5.32 Å². The van der Waals surface area contributed by atoms with Crippen LogP contribution in [0.1, 0.15) is 6.92 Å². The van der Waals surface area contributed by atoms with Crippen molar-refractivity contribution in [1.82, 2.24) is 10.2 Å². The second kappa shape index (κ2) is 4.03. The van der Waals surface area contributed by atoms with Gasteiger partial charge in [-0.25, -0.2) is 0 Å². The van der Waals surface area contributed by atoms with E-state index in [0.29, 0.717) is 26.3 Å². The Balaban J connectivity index is 2.09. The van der Waals surface area contributed by atoms with Gasteiger partial charge in [0.15, 0.2) is 0 Å². The number of carbonyl (C=O) groups is 2. The molecule has 0 aromatic heterocycles. The highest BCUT2D eigenvalue weighted by molar-refractivity contribution is 5.89. The number of rotatable bonds is 1. The van der Waals surface area contributed by atoms with Crippen molar-refractivity contribution >= 4 is 11.8 Å². The van der Waals surface area contributed by atoms with Crippen LogP contribution >= 0.6 is 0 Å². The van der Waals surface area contributed by atoms with Gasteiger partial charge in [0, 0.05) is 19.1 Å². The van der Waals surface area contributed by atoms with Gasteiger partial charge >= 0.3 is 0 Å². The fourth-order valence-electron chi connectivity index (χ4n) is 2.08. The fourth-order valence-corrected chi connectivity index (χ4v) is 2.08. The fraction of sp³-hybridized carbons (Fsp3) is 0.800. The summed E-state index contributed by atoms with van der Waals surface area (Å²) in [4.78, 5) is 25.0. The van der Waals surface area contributed by atoms with Crippen LogP contribution in [0.4, 0.5) is 0 Å². The van der Waals surface area contributed by atoms with E-state index in [9.17, 15) is 9.59 Å². The minimum absolute atomic E-state index is 0.0765. The van der Waals surface area contributed by atoms with E-state index in [1.165, 1.54) is 0 Å². The second-order valence-corrected chi connectivity index (χ2v) is 4.62. The summed E-state index contributed by atoms with van der Waals surface area (Å²) in [5.41, 5.74) is 5.20. The van der Waals surface area contributed by atoms with Crippen LogP contribution in [0.25, 0.3) is 0 Å². The van der Waals surface area contributed by atoms with Crippen LogP contribution in [0.15, 0.2) is 0 Å². The van der Waals surface area contributed by atoms with Gasteiger partial charge < -0.3 is 20.7 Å². The molecule has 2 unspecified atom stereocenters. The predicted molar refractivity (Wildman–Crippen MR) is 56.5 cm³/mol. The lowest BCUT2D eigenvalue weighted by molar-refractivity contribution is -0.146. The largest absolute Gasteiger partial charge is 0.379 e. The zero-order valence-corrected chi connectivity index (χ0v) is 9.36. The zero-order chi connectivity index (χ0) is 11.8. The molecule has 16 heavy (non-hydrogen) atoms. The number of nitrogens with two attached hydrogens (primary N) is 1. The van der Waals surface area contributed by atoms with E-state index in [1.807, 2.05) is 0 Å². The van der Waals surface area contributed by atoms with E-state index in [1.54, 1.807) is 11.8 Å². The number of nitrogens with zero attached hydrogens (tertiary/aromatic N) is 1. The second-order valence-electron chi connectivity index (χ2n) is 4.62. The maximum absolute atomic E-state index is 12.3. The Hall–Kier alpha value is -1.14. The highest BCUT2D eigenvalue weighted by Gasteiger charge is 2.46. The molecule has 2 heterocycles. The van der Waals surface area contributed by atoms with Crippen LogP contribution in [0.2, 0.25) is 0 Å². The molecule has 2 rings (SSSR count). The quantitative estimate of drug-likeness (QED) is 0.559. The van der Waals surface area contributed by atoms with Crippen LogP contribution in [0, 0.1) is 5.41 Å². The van der Waals surface area contributed by atoms with Crippen LogP contribution in [0.3, 0.4) is 0 Å². The molecule has 0 radical (unpaired) electrons. The first-order valence-electron chi connectivity index (χ1n) is 5.43. The molecule has 0 spiro atoms. The summed E-state index contributed by atoms with van der Waals surface area (Å²) < 4.78 is 5.24. The Morgan fingerprint density at radius 2 is 2.44 bits per heavy atom. The summed E-state index contributed by atoms with van der Waals surface area (Å²) in [6, 6.07) is -0.287. The summed E-state index contributed by atoms with van der Waals surface area (Å²) in [6.07, 6.45) is 0. The molecule has 6 nitrogen and oxygen atoms in total. The molecule has 2 aliphatic rings. The smallest absolute Gasteiger partial charge is 0.239 e. The molecule has 0 aromatic carbocycles. The third-order valence-corrected chi connectivity index (χ3v) is 3.33. The van der Waals surface area contributed by atoms with Crippen LogP contribution < -0.4 is 11.1 Å². The number of piperazine rings is 1. The van der Waals surface area contributed by atoms with Gasteiger partial charge in [-0.15, -0.1) is 0 Å². The molecule has 2 fully saturated rings. The summed E-state index contributed by atoms with van der Waals surface area (Å²) in [5, 5.41) is 2.69. The lowest BCUT2D eigenvalue weighted by Gasteiger charge is -2.34. The number of amides is 2. The van der Waals surface area contributed by atoms with Crippen molar-refractivity contribution in [2.24, 2.45) is 11.1 Å². The third-order valence-electron chi connectivity index (χ3n) is 3.33. The van der Waals surface area contributed by atoms with Gasteiger partial charge in [0.05, 0.1) is 25.2 Å². The van der Waals surface area contributed by atoms with Crippen LogP contribution in [0.5, 0.6) is 0 Å². The standard InChI is InChI=1S/C10H17N3O3/c1-10(6-16-5-7(10)11)9(15)13-3-2-12-8(14)4-13/h7H,2-6,11H2,1H3,(H,12,14). The van der Waals surface area contributed by atoms with Crippen molar-refractivity contribution in [3.8, 4) is 0 Å². The highest BCUT2D eigenvalue weighted by atomic mass is 16.5. The lowest BCUT2D eigenvalue weighted by Crippen LogP contribution is -2.57. The zero-order valence-electron chi connectivity index (χ0n) is 9.36. The Morgan fingerprint density at radius 1 is 1.69 bits per heavy atom. The molecular weight excluding hydrogens is 210 g/mol. The van der Waals surface area contributed by atoms with Gasteiger partial charge in [-0.05, 0) is 6.92 Å². The summed E-state index contributed by atoms with van der Waals surface area (Å²) in [5.74, 6) is -0.192. The van der Waals surface area contributed by atoms with Crippen molar-refractivity contribution in [1.29, 1.82) is 0 Å². The summed E-state index contributed by atoms with van der Waals surface area (Å²) in [6.45, 7) is 3.73. The van der Waals surface area contributed by atoms with Gasteiger partial charge in [0.2, 0.25) is 11.8 Å². The molecule has 3 N–H and O–H groups in total. The van der Waals surface area contributed by atoms with E-state index >= 15 is 0 Å². The SMILES string of the molecule is CC1(C(=O)N2CCNC(=O)C2)COCC1N. The normalized spacial score (nSPS) is 35.0. The highest BCUT2D eigenvalue weighted by Crippen LogP contribution is 2.29. The van der Waals surface area contributed by atoms with Crippen molar-refractivity contribution in [3.63, 3.8) is 0 Å². The van der Waals surface area contributed by atoms with Crippen LogP contribution in [-0.2, 0) is 14.3 Å².